The SMILES string of the molecule is CC1=C(c2cccc(C(F)(F)F)c2)C2=NNCN2C=C1Br. The van der Waals surface area contributed by atoms with Gasteiger partial charge in [0.25, 0.3) is 0 Å². The van der Waals surface area contributed by atoms with Gasteiger partial charge in [-0.2, -0.15) is 18.3 Å². The van der Waals surface area contributed by atoms with Crippen LogP contribution in [0.15, 0.2) is 45.6 Å². The van der Waals surface area contributed by atoms with Crippen LogP contribution < -0.4 is 5.43 Å². The van der Waals surface area contributed by atoms with Crippen molar-refractivity contribution in [3.05, 3.63) is 51.6 Å². The second-order valence-corrected chi connectivity index (χ2v) is 5.63. The van der Waals surface area contributed by atoms with Crippen LogP contribution in [0, 0.1) is 0 Å². The lowest BCUT2D eigenvalue weighted by molar-refractivity contribution is -0.137. The van der Waals surface area contributed by atoms with E-state index in [1.807, 2.05) is 18.0 Å². The predicted molar refractivity (Wildman–Crippen MR) is 78.3 cm³/mol. The van der Waals surface area contributed by atoms with Gasteiger partial charge in [-0.3, -0.25) is 5.43 Å². The molecule has 0 unspecified atom stereocenters. The Morgan fingerprint density at radius 1 is 1.33 bits per heavy atom. The molecular weight excluding hydrogens is 347 g/mol. The van der Waals surface area contributed by atoms with Gasteiger partial charge < -0.3 is 4.90 Å². The van der Waals surface area contributed by atoms with Crippen molar-refractivity contribution in [2.75, 3.05) is 6.67 Å². The number of nitrogens with zero attached hydrogens (tertiary/aromatic N) is 2. The third-order valence-electron chi connectivity index (χ3n) is 3.40. The maximum Gasteiger partial charge on any atom is 0.416 e. The normalized spacial score (nSPS) is 18.2. The van der Waals surface area contributed by atoms with Gasteiger partial charge in [0.15, 0.2) is 5.84 Å². The van der Waals surface area contributed by atoms with Gasteiger partial charge in [-0.1, -0.05) is 12.1 Å². The minimum absolute atomic E-state index is 0.500. The molecule has 0 fully saturated rings. The molecule has 21 heavy (non-hydrogen) atoms. The zero-order valence-electron chi connectivity index (χ0n) is 11.0. The number of halogens is 4. The molecule has 0 atom stereocenters. The fourth-order valence-electron chi connectivity index (χ4n) is 2.35. The highest BCUT2D eigenvalue weighted by atomic mass is 79.9. The highest BCUT2D eigenvalue weighted by Crippen LogP contribution is 2.37. The number of benzene rings is 1. The molecule has 1 aromatic carbocycles. The van der Waals surface area contributed by atoms with Crippen LogP contribution in [-0.4, -0.2) is 17.4 Å². The number of amidine groups is 1. The van der Waals surface area contributed by atoms with Crippen LogP contribution in [-0.2, 0) is 6.18 Å². The maximum atomic E-state index is 12.9. The number of hydrazone groups is 1. The van der Waals surface area contributed by atoms with Gasteiger partial charge in [0, 0.05) is 16.3 Å². The first-order valence-corrected chi connectivity index (χ1v) is 7.01. The summed E-state index contributed by atoms with van der Waals surface area (Å²) < 4.78 is 39.5. The first-order chi connectivity index (χ1) is 9.88. The zero-order chi connectivity index (χ0) is 15.2. The van der Waals surface area contributed by atoms with Gasteiger partial charge in [-0.15, -0.1) is 0 Å². The minimum Gasteiger partial charge on any atom is -0.310 e. The predicted octanol–water partition coefficient (Wildman–Crippen LogP) is 3.91. The molecule has 110 valence electrons. The lowest BCUT2D eigenvalue weighted by atomic mass is 9.95. The number of fused-ring (bicyclic) bond motifs is 1. The molecule has 3 nitrogen and oxygen atoms in total. The molecule has 1 aromatic rings. The van der Waals surface area contributed by atoms with Crippen LogP contribution in [0.4, 0.5) is 13.2 Å². The van der Waals surface area contributed by atoms with Gasteiger partial charge in [-0.05, 0) is 46.1 Å². The Hall–Kier alpha value is -1.76. The second kappa shape index (κ2) is 4.91. The van der Waals surface area contributed by atoms with Gasteiger partial charge in [0.1, 0.15) is 6.67 Å². The molecule has 2 aliphatic rings. The van der Waals surface area contributed by atoms with Crippen LogP contribution in [0.5, 0.6) is 0 Å². The third kappa shape index (κ3) is 2.46. The molecule has 0 amide bonds. The number of hydrogen-bond acceptors (Lipinski definition) is 3. The van der Waals surface area contributed by atoms with Crippen molar-refractivity contribution in [1.82, 2.24) is 10.3 Å². The van der Waals surface area contributed by atoms with Crippen molar-refractivity contribution in [3.63, 3.8) is 0 Å². The van der Waals surface area contributed by atoms with Crippen molar-refractivity contribution < 1.29 is 13.2 Å². The fourth-order valence-corrected chi connectivity index (χ4v) is 2.79. The molecule has 0 saturated heterocycles. The van der Waals surface area contributed by atoms with E-state index in [9.17, 15) is 13.2 Å². The minimum atomic E-state index is -4.36. The van der Waals surface area contributed by atoms with Crippen molar-refractivity contribution in [1.29, 1.82) is 0 Å². The highest BCUT2D eigenvalue weighted by molar-refractivity contribution is 9.12. The van der Waals surface area contributed by atoms with Crippen LogP contribution in [0.1, 0.15) is 18.1 Å². The van der Waals surface area contributed by atoms with E-state index in [0.717, 1.165) is 22.2 Å². The largest absolute Gasteiger partial charge is 0.416 e. The third-order valence-corrected chi connectivity index (χ3v) is 4.20. The van der Waals surface area contributed by atoms with Gasteiger partial charge in [0.2, 0.25) is 0 Å². The van der Waals surface area contributed by atoms with Crippen LogP contribution in [0.3, 0.4) is 0 Å². The van der Waals surface area contributed by atoms with Crippen molar-refractivity contribution in [2.45, 2.75) is 13.1 Å². The molecule has 3 rings (SSSR count). The molecule has 0 bridgehead atoms. The summed E-state index contributed by atoms with van der Waals surface area (Å²) in [5, 5.41) is 4.18. The van der Waals surface area contributed by atoms with E-state index in [1.54, 1.807) is 6.07 Å². The topological polar surface area (TPSA) is 27.6 Å². The number of nitrogens with one attached hydrogen (secondary N) is 1. The summed E-state index contributed by atoms with van der Waals surface area (Å²) in [6.45, 7) is 2.36. The monoisotopic (exact) mass is 357 g/mol. The maximum absolute atomic E-state index is 12.9. The molecule has 7 heteroatoms. The van der Waals surface area contributed by atoms with E-state index in [-0.39, 0.29) is 0 Å². The first kappa shape index (κ1) is 14.2. The quantitative estimate of drug-likeness (QED) is 0.825. The van der Waals surface area contributed by atoms with Gasteiger partial charge >= 0.3 is 6.18 Å². The van der Waals surface area contributed by atoms with Crippen molar-refractivity contribution in [2.24, 2.45) is 5.10 Å². The summed E-state index contributed by atoms with van der Waals surface area (Å²) >= 11 is 3.44. The van der Waals surface area contributed by atoms with E-state index in [0.29, 0.717) is 23.6 Å². The van der Waals surface area contributed by atoms with Crippen LogP contribution in [0.25, 0.3) is 5.57 Å². The van der Waals surface area contributed by atoms with Crippen LogP contribution in [0.2, 0.25) is 0 Å². The summed E-state index contributed by atoms with van der Waals surface area (Å²) in [7, 11) is 0. The zero-order valence-corrected chi connectivity index (χ0v) is 12.6. The molecule has 0 aliphatic carbocycles. The molecular formula is C14H11BrF3N3. The Labute approximate surface area is 127 Å². The molecule has 0 spiro atoms. The Morgan fingerprint density at radius 3 is 2.81 bits per heavy atom. The fraction of sp³-hybridized carbons (Fsp3) is 0.214. The average Bonchev–Trinajstić information content (AvgIpc) is 2.87. The van der Waals surface area contributed by atoms with E-state index < -0.39 is 11.7 Å². The van der Waals surface area contributed by atoms with E-state index in [2.05, 4.69) is 26.5 Å². The average molecular weight is 358 g/mol. The summed E-state index contributed by atoms with van der Waals surface area (Å²) in [4.78, 5) is 1.85. The Kier molecular flexibility index (Phi) is 3.32. The summed E-state index contributed by atoms with van der Waals surface area (Å²) in [5.74, 6) is 0.634. The number of hydrogen-bond donors (Lipinski definition) is 1. The Bertz CT molecular complexity index is 689. The lowest BCUT2D eigenvalue weighted by Gasteiger charge is -2.25. The first-order valence-electron chi connectivity index (χ1n) is 6.21. The van der Waals surface area contributed by atoms with Crippen molar-refractivity contribution in [3.8, 4) is 0 Å². The molecule has 0 radical (unpaired) electrons. The van der Waals surface area contributed by atoms with Crippen molar-refractivity contribution >= 4 is 27.3 Å². The number of rotatable bonds is 1. The van der Waals surface area contributed by atoms with E-state index >= 15 is 0 Å². The molecule has 0 saturated carbocycles. The molecule has 0 aromatic heterocycles. The molecule has 2 heterocycles. The standard InChI is InChI=1S/C14H11BrF3N3/c1-8-11(15)6-21-7-19-20-13(21)12(8)9-3-2-4-10(5-9)14(16,17)18/h2-6,19H,7H2,1H3. The van der Waals surface area contributed by atoms with E-state index in [4.69, 9.17) is 0 Å². The lowest BCUT2D eigenvalue weighted by Crippen LogP contribution is -2.28. The van der Waals surface area contributed by atoms with Gasteiger partial charge in [-0.25, -0.2) is 0 Å². The van der Waals surface area contributed by atoms with Crippen LogP contribution >= 0.6 is 15.9 Å². The highest BCUT2D eigenvalue weighted by Gasteiger charge is 2.32. The van der Waals surface area contributed by atoms with Gasteiger partial charge in [0.05, 0.1) is 5.56 Å². The Balaban J connectivity index is 2.14. The second-order valence-electron chi connectivity index (χ2n) is 4.78. The molecule has 1 N–H and O–H groups in total. The number of alkyl halides is 3. The summed E-state index contributed by atoms with van der Waals surface area (Å²) in [6, 6.07) is 5.31. The number of allylic oxidation sites excluding steroid dienone is 2. The van der Waals surface area contributed by atoms with E-state index in [1.165, 1.54) is 6.07 Å². The smallest absolute Gasteiger partial charge is 0.310 e. The summed E-state index contributed by atoms with van der Waals surface area (Å²) in [5.41, 5.74) is 4.23. The molecule has 2 aliphatic heterocycles. The Morgan fingerprint density at radius 2 is 2.10 bits per heavy atom. The summed E-state index contributed by atoms with van der Waals surface area (Å²) in [6.07, 6.45) is -2.49.